The fourth-order valence-corrected chi connectivity index (χ4v) is 3.33. The summed E-state index contributed by atoms with van der Waals surface area (Å²) in [5.41, 5.74) is 0.368. The largest absolute Gasteiger partial charge is 0.489 e. The van der Waals surface area contributed by atoms with E-state index < -0.39 is 30.2 Å². The summed E-state index contributed by atoms with van der Waals surface area (Å²) < 4.78 is 48.7. The third-order valence-corrected chi connectivity index (χ3v) is 5.26. The van der Waals surface area contributed by atoms with E-state index in [0.29, 0.717) is 26.9 Å². The lowest BCUT2D eigenvalue weighted by molar-refractivity contribution is -0.142. The second-order valence-corrected chi connectivity index (χ2v) is 7.94. The van der Waals surface area contributed by atoms with Crippen molar-refractivity contribution in [3.05, 3.63) is 99.5 Å². The predicted molar refractivity (Wildman–Crippen MR) is 127 cm³/mol. The van der Waals surface area contributed by atoms with Gasteiger partial charge in [-0.3, -0.25) is 4.79 Å². The highest BCUT2D eigenvalue weighted by molar-refractivity contribution is 6.35. The van der Waals surface area contributed by atoms with E-state index in [1.54, 1.807) is 42.5 Å². The first-order chi connectivity index (χ1) is 16.6. The van der Waals surface area contributed by atoms with E-state index in [4.69, 9.17) is 32.7 Å². The Morgan fingerprint density at radius 3 is 2.26 bits per heavy atom. The van der Waals surface area contributed by atoms with Crippen molar-refractivity contribution >= 4 is 46.8 Å². The minimum atomic E-state index is -4.54. The summed E-state index contributed by atoms with van der Waals surface area (Å²) in [6.45, 7) is -0.473. The molecule has 3 aromatic rings. The van der Waals surface area contributed by atoms with Gasteiger partial charge in [0.1, 0.15) is 12.4 Å². The number of rotatable bonds is 8. The quantitative estimate of drug-likeness (QED) is 0.261. The molecule has 3 rings (SSSR count). The van der Waals surface area contributed by atoms with Gasteiger partial charge < -0.3 is 14.8 Å². The Morgan fingerprint density at radius 2 is 1.60 bits per heavy atom. The lowest BCUT2D eigenvalue weighted by atomic mass is 10.2. The van der Waals surface area contributed by atoms with Crippen LogP contribution in [0.3, 0.4) is 0 Å². The summed E-state index contributed by atoms with van der Waals surface area (Å²) in [4.78, 5) is 23.7. The van der Waals surface area contributed by atoms with Crippen LogP contribution >= 0.6 is 23.2 Å². The molecule has 0 aliphatic heterocycles. The van der Waals surface area contributed by atoms with E-state index in [0.717, 1.165) is 24.3 Å². The highest BCUT2D eigenvalue weighted by Gasteiger charge is 2.30. The smallest absolute Gasteiger partial charge is 0.416 e. The first-order valence-electron chi connectivity index (χ1n) is 10.1. The van der Waals surface area contributed by atoms with Gasteiger partial charge in [-0.15, -0.1) is 0 Å². The number of benzene rings is 3. The summed E-state index contributed by atoms with van der Waals surface area (Å²) in [5.74, 6) is -1.00. The number of alkyl halides is 3. The van der Waals surface area contributed by atoms with Gasteiger partial charge in [0.05, 0.1) is 5.56 Å². The topological polar surface area (TPSA) is 64.6 Å². The molecule has 0 heterocycles. The maximum Gasteiger partial charge on any atom is 0.416 e. The Labute approximate surface area is 209 Å². The first-order valence-corrected chi connectivity index (χ1v) is 10.8. The van der Waals surface area contributed by atoms with E-state index in [2.05, 4.69) is 5.32 Å². The molecule has 10 heteroatoms. The van der Waals surface area contributed by atoms with Crippen LogP contribution in [-0.2, 0) is 27.1 Å². The molecule has 0 bridgehead atoms. The summed E-state index contributed by atoms with van der Waals surface area (Å²) in [7, 11) is 0. The Kier molecular flexibility index (Phi) is 8.78. The SMILES string of the molecule is O=C(COC(=O)C=Cc1ccc(OCc2c(Cl)cccc2Cl)cc1)Nc1cccc(C(F)(F)F)c1. The Bertz CT molecular complexity index is 1210. The number of carbonyl (C=O) groups excluding carboxylic acids is 2. The van der Waals surface area contributed by atoms with Crippen LogP contribution in [0.2, 0.25) is 10.0 Å². The van der Waals surface area contributed by atoms with Crippen LogP contribution in [0.4, 0.5) is 18.9 Å². The van der Waals surface area contributed by atoms with Gasteiger partial charge in [0.2, 0.25) is 0 Å². The maximum atomic E-state index is 12.7. The highest BCUT2D eigenvalue weighted by atomic mass is 35.5. The molecular formula is C25H18Cl2F3NO4. The van der Waals surface area contributed by atoms with E-state index >= 15 is 0 Å². The zero-order valence-corrected chi connectivity index (χ0v) is 19.5. The van der Waals surface area contributed by atoms with Crippen LogP contribution in [0.15, 0.2) is 72.8 Å². The minimum absolute atomic E-state index is 0.0597. The van der Waals surface area contributed by atoms with Crippen LogP contribution < -0.4 is 10.1 Å². The normalized spacial score (nSPS) is 11.3. The van der Waals surface area contributed by atoms with E-state index in [1.807, 2.05) is 0 Å². The number of hydrogen-bond donors (Lipinski definition) is 1. The molecule has 0 saturated carbocycles. The number of hydrogen-bond acceptors (Lipinski definition) is 4. The fraction of sp³-hybridized carbons (Fsp3) is 0.120. The van der Waals surface area contributed by atoms with Crippen LogP contribution in [0, 0.1) is 0 Å². The number of nitrogens with one attached hydrogen (secondary N) is 1. The van der Waals surface area contributed by atoms with Gasteiger partial charge in [-0.2, -0.15) is 13.2 Å². The zero-order valence-electron chi connectivity index (χ0n) is 17.9. The van der Waals surface area contributed by atoms with Crippen molar-refractivity contribution in [1.82, 2.24) is 0 Å². The van der Waals surface area contributed by atoms with Crippen molar-refractivity contribution in [2.45, 2.75) is 12.8 Å². The molecule has 1 N–H and O–H groups in total. The number of halogens is 5. The number of ether oxygens (including phenoxy) is 2. The van der Waals surface area contributed by atoms with Crippen molar-refractivity contribution < 1.29 is 32.2 Å². The predicted octanol–water partition coefficient (Wildman–Crippen LogP) is 6.79. The van der Waals surface area contributed by atoms with E-state index in [9.17, 15) is 22.8 Å². The van der Waals surface area contributed by atoms with Crippen molar-refractivity contribution in [3.8, 4) is 5.75 Å². The highest BCUT2D eigenvalue weighted by Crippen LogP contribution is 2.30. The number of anilines is 1. The average Bonchev–Trinajstić information content (AvgIpc) is 2.81. The average molecular weight is 524 g/mol. The summed E-state index contributed by atoms with van der Waals surface area (Å²) in [6, 6.07) is 16.1. The van der Waals surface area contributed by atoms with Crippen LogP contribution in [-0.4, -0.2) is 18.5 Å². The molecule has 35 heavy (non-hydrogen) atoms. The number of carbonyl (C=O) groups is 2. The van der Waals surface area contributed by atoms with Crippen LogP contribution in [0.5, 0.6) is 5.75 Å². The number of amides is 1. The molecule has 0 saturated heterocycles. The Morgan fingerprint density at radius 1 is 0.943 bits per heavy atom. The molecule has 3 aromatic carbocycles. The molecule has 0 aliphatic carbocycles. The third-order valence-electron chi connectivity index (χ3n) is 4.56. The molecule has 0 fully saturated rings. The molecule has 0 unspecified atom stereocenters. The van der Waals surface area contributed by atoms with Gasteiger partial charge in [-0.25, -0.2) is 4.79 Å². The zero-order chi connectivity index (χ0) is 25.4. The molecule has 182 valence electrons. The van der Waals surface area contributed by atoms with Crippen LogP contribution in [0.1, 0.15) is 16.7 Å². The molecule has 1 amide bonds. The van der Waals surface area contributed by atoms with Crippen molar-refractivity contribution in [1.29, 1.82) is 0 Å². The van der Waals surface area contributed by atoms with Gasteiger partial charge in [-0.05, 0) is 54.1 Å². The van der Waals surface area contributed by atoms with Crippen molar-refractivity contribution in [2.75, 3.05) is 11.9 Å². The van der Waals surface area contributed by atoms with Crippen molar-refractivity contribution in [2.24, 2.45) is 0 Å². The second kappa shape index (κ2) is 11.8. The standard InChI is InChI=1S/C25H18Cl2F3NO4/c26-21-5-2-6-22(27)20(21)14-34-19-10-7-16(8-11-19)9-12-24(33)35-15-23(32)31-18-4-1-3-17(13-18)25(28,29)30/h1-13H,14-15H2,(H,31,32). The van der Waals surface area contributed by atoms with Crippen LogP contribution in [0.25, 0.3) is 6.08 Å². The molecule has 0 aromatic heterocycles. The molecule has 0 aliphatic rings. The lowest BCUT2D eigenvalue weighted by Gasteiger charge is -2.10. The van der Waals surface area contributed by atoms with Gasteiger partial charge in [0.25, 0.3) is 5.91 Å². The van der Waals surface area contributed by atoms with Gasteiger partial charge in [0.15, 0.2) is 6.61 Å². The van der Waals surface area contributed by atoms with Gasteiger partial charge >= 0.3 is 12.1 Å². The lowest BCUT2D eigenvalue weighted by Crippen LogP contribution is -2.20. The molecular weight excluding hydrogens is 506 g/mol. The summed E-state index contributed by atoms with van der Waals surface area (Å²) >= 11 is 12.2. The summed E-state index contributed by atoms with van der Waals surface area (Å²) in [5, 5.41) is 3.25. The molecule has 0 atom stereocenters. The van der Waals surface area contributed by atoms with Crippen molar-refractivity contribution in [3.63, 3.8) is 0 Å². The Balaban J connectivity index is 1.46. The fourth-order valence-electron chi connectivity index (χ4n) is 2.82. The Hall–Kier alpha value is -3.49. The minimum Gasteiger partial charge on any atom is -0.489 e. The van der Waals surface area contributed by atoms with Gasteiger partial charge in [-0.1, -0.05) is 47.5 Å². The molecule has 5 nitrogen and oxygen atoms in total. The first kappa shape index (κ1) is 26.1. The molecule has 0 spiro atoms. The second-order valence-electron chi connectivity index (χ2n) is 7.13. The monoisotopic (exact) mass is 523 g/mol. The molecule has 0 radical (unpaired) electrons. The summed E-state index contributed by atoms with van der Waals surface area (Å²) in [6.07, 6.45) is -1.94. The van der Waals surface area contributed by atoms with E-state index in [1.165, 1.54) is 12.1 Å². The number of esters is 1. The third kappa shape index (κ3) is 8.05. The van der Waals surface area contributed by atoms with E-state index in [-0.39, 0.29) is 12.3 Å². The maximum absolute atomic E-state index is 12.7. The van der Waals surface area contributed by atoms with Gasteiger partial charge in [0, 0.05) is 27.4 Å².